The Hall–Kier alpha value is -0.530. The Labute approximate surface area is 78.5 Å². The largest absolute Gasteiger partial charge is 0.330 e. The number of halogens is 1. The number of nitrogens with two attached hydrogens (primary N) is 1. The summed E-state index contributed by atoms with van der Waals surface area (Å²) in [6.07, 6.45) is 4.17. The fraction of sp³-hybridized carbons (Fsp3) is 0.300. The standard InChI is InChI=1S/C10H13ClN/c11-10-6-4-9(5-7-10)3-1-2-8-12/h2,4-7H,1,3,8,12H2. The monoisotopic (exact) mass is 182 g/mol. The van der Waals surface area contributed by atoms with Crippen LogP contribution in [0.2, 0.25) is 5.02 Å². The van der Waals surface area contributed by atoms with Gasteiger partial charge in [0.25, 0.3) is 0 Å². The molecular formula is C10H13ClN. The lowest BCUT2D eigenvalue weighted by atomic mass is 10.1. The van der Waals surface area contributed by atoms with E-state index in [2.05, 4.69) is 6.42 Å². The molecule has 1 nitrogen and oxygen atoms in total. The molecule has 0 spiro atoms. The third-order valence-corrected chi connectivity index (χ3v) is 1.97. The first kappa shape index (κ1) is 9.56. The van der Waals surface area contributed by atoms with Crippen LogP contribution < -0.4 is 5.73 Å². The van der Waals surface area contributed by atoms with E-state index in [4.69, 9.17) is 17.3 Å². The molecule has 0 aliphatic carbocycles. The van der Waals surface area contributed by atoms with Gasteiger partial charge >= 0.3 is 0 Å². The number of rotatable bonds is 4. The maximum absolute atomic E-state index is 5.75. The minimum absolute atomic E-state index is 0.660. The third kappa shape index (κ3) is 3.24. The van der Waals surface area contributed by atoms with Crippen molar-refractivity contribution in [2.75, 3.05) is 6.54 Å². The van der Waals surface area contributed by atoms with Crippen LogP contribution in [0.15, 0.2) is 24.3 Å². The van der Waals surface area contributed by atoms with Crippen LogP contribution in [0.5, 0.6) is 0 Å². The summed E-state index contributed by atoms with van der Waals surface area (Å²) >= 11 is 5.75. The molecule has 65 valence electrons. The predicted molar refractivity (Wildman–Crippen MR) is 53.1 cm³/mol. The van der Waals surface area contributed by atoms with Crippen LogP contribution in [0.1, 0.15) is 12.0 Å². The van der Waals surface area contributed by atoms with Gasteiger partial charge in [-0.1, -0.05) is 23.7 Å². The molecule has 0 fully saturated rings. The average molecular weight is 183 g/mol. The minimum atomic E-state index is 0.660. The molecule has 2 heteroatoms. The molecule has 12 heavy (non-hydrogen) atoms. The van der Waals surface area contributed by atoms with Gasteiger partial charge in [-0.15, -0.1) is 0 Å². The number of aryl methyl sites for hydroxylation is 1. The summed E-state index contributed by atoms with van der Waals surface area (Å²) in [4.78, 5) is 0. The first-order valence-corrected chi connectivity index (χ1v) is 4.47. The lowest BCUT2D eigenvalue weighted by molar-refractivity contribution is 0.897. The van der Waals surface area contributed by atoms with Crippen molar-refractivity contribution in [3.63, 3.8) is 0 Å². The smallest absolute Gasteiger partial charge is 0.0406 e. The normalized spacial score (nSPS) is 10.2. The van der Waals surface area contributed by atoms with Crippen LogP contribution in [-0.4, -0.2) is 6.54 Å². The summed E-state index contributed by atoms with van der Waals surface area (Å²) in [5.41, 5.74) is 6.65. The number of hydrogen-bond acceptors (Lipinski definition) is 1. The van der Waals surface area contributed by atoms with Gasteiger partial charge in [-0.3, -0.25) is 0 Å². The summed E-state index contributed by atoms with van der Waals surface area (Å²) in [7, 11) is 0. The van der Waals surface area contributed by atoms with E-state index in [-0.39, 0.29) is 0 Å². The molecule has 0 unspecified atom stereocenters. The topological polar surface area (TPSA) is 26.0 Å². The number of hydrogen-bond donors (Lipinski definition) is 1. The van der Waals surface area contributed by atoms with E-state index >= 15 is 0 Å². The van der Waals surface area contributed by atoms with Crippen LogP contribution in [0.25, 0.3) is 0 Å². The maximum Gasteiger partial charge on any atom is 0.0406 e. The summed E-state index contributed by atoms with van der Waals surface area (Å²) in [6.45, 7) is 0.660. The van der Waals surface area contributed by atoms with Crippen molar-refractivity contribution in [1.82, 2.24) is 0 Å². The Bertz CT molecular complexity index is 218. The average Bonchev–Trinajstić information content (AvgIpc) is 2.09. The van der Waals surface area contributed by atoms with E-state index in [0.29, 0.717) is 6.54 Å². The first-order valence-electron chi connectivity index (χ1n) is 4.09. The van der Waals surface area contributed by atoms with Crippen LogP contribution in [-0.2, 0) is 6.42 Å². The van der Waals surface area contributed by atoms with Gasteiger partial charge in [0.05, 0.1) is 0 Å². The number of unbranched alkanes of at least 4 members (excludes halogenated alkanes) is 1. The highest BCUT2D eigenvalue weighted by Crippen LogP contribution is 2.11. The van der Waals surface area contributed by atoms with Crippen molar-refractivity contribution in [2.24, 2.45) is 5.73 Å². The Kier molecular flexibility index (Phi) is 4.12. The van der Waals surface area contributed by atoms with Gasteiger partial charge in [-0.25, -0.2) is 0 Å². The molecule has 0 saturated carbocycles. The Morgan fingerprint density at radius 1 is 1.25 bits per heavy atom. The highest BCUT2D eigenvalue weighted by Gasteiger charge is 1.92. The molecule has 0 aromatic heterocycles. The molecule has 0 heterocycles. The second-order valence-electron chi connectivity index (χ2n) is 2.69. The Balaban J connectivity index is 2.37. The summed E-state index contributed by atoms with van der Waals surface area (Å²) in [6, 6.07) is 7.93. The summed E-state index contributed by atoms with van der Waals surface area (Å²) in [5.74, 6) is 0. The van der Waals surface area contributed by atoms with Gasteiger partial charge in [0.2, 0.25) is 0 Å². The molecule has 1 radical (unpaired) electrons. The van der Waals surface area contributed by atoms with Crippen molar-refractivity contribution < 1.29 is 0 Å². The third-order valence-electron chi connectivity index (χ3n) is 1.72. The molecule has 0 saturated heterocycles. The lowest BCUT2D eigenvalue weighted by Gasteiger charge is -1.99. The summed E-state index contributed by atoms with van der Waals surface area (Å²) in [5, 5.41) is 0.793. The van der Waals surface area contributed by atoms with Crippen molar-refractivity contribution in [3.05, 3.63) is 41.3 Å². The Morgan fingerprint density at radius 3 is 2.50 bits per heavy atom. The highest BCUT2D eigenvalue weighted by molar-refractivity contribution is 6.30. The SMILES string of the molecule is NC[CH]CCc1ccc(Cl)cc1. The van der Waals surface area contributed by atoms with Gasteiger partial charge in [-0.2, -0.15) is 0 Å². The van der Waals surface area contributed by atoms with Gasteiger partial charge in [-0.05, 0) is 43.5 Å². The minimum Gasteiger partial charge on any atom is -0.330 e. The van der Waals surface area contributed by atoms with Gasteiger partial charge in [0.1, 0.15) is 0 Å². The molecule has 1 aromatic carbocycles. The first-order chi connectivity index (χ1) is 5.83. The molecule has 2 N–H and O–H groups in total. The second kappa shape index (κ2) is 5.18. The molecule has 0 amide bonds. The molecule has 0 bridgehead atoms. The van der Waals surface area contributed by atoms with Crippen LogP contribution in [0.3, 0.4) is 0 Å². The van der Waals surface area contributed by atoms with E-state index < -0.39 is 0 Å². The molecule has 0 atom stereocenters. The van der Waals surface area contributed by atoms with Crippen LogP contribution in [0.4, 0.5) is 0 Å². The van der Waals surface area contributed by atoms with Crippen molar-refractivity contribution in [2.45, 2.75) is 12.8 Å². The quantitative estimate of drug-likeness (QED) is 0.712. The molecular weight excluding hydrogens is 170 g/mol. The number of benzene rings is 1. The zero-order chi connectivity index (χ0) is 8.81. The van der Waals surface area contributed by atoms with E-state index in [0.717, 1.165) is 17.9 Å². The zero-order valence-corrected chi connectivity index (χ0v) is 7.72. The lowest BCUT2D eigenvalue weighted by Crippen LogP contribution is -1.99. The zero-order valence-electron chi connectivity index (χ0n) is 6.96. The van der Waals surface area contributed by atoms with Crippen molar-refractivity contribution >= 4 is 11.6 Å². The Morgan fingerprint density at radius 2 is 1.92 bits per heavy atom. The molecule has 0 aliphatic heterocycles. The molecule has 0 aliphatic rings. The molecule has 1 rings (SSSR count). The van der Waals surface area contributed by atoms with Crippen LogP contribution >= 0.6 is 11.6 Å². The van der Waals surface area contributed by atoms with E-state index in [1.807, 2.05) is 24.3 Å². The van der Waals surface area contributed by atoms with E-state index in [9.17, 15) is 0 Å². The van der Waals surface area contributed by atoms with E-state index in [1.165, 1.54) is 5.56 Å². The molecule has 1 aromatic rings. The van der Waals surface area contributed by atoms with Gasteiger partial charge in [0.15, 0.2) is 0 Å². The second-order valence-corrected chi connectivity index (χ2v) is 3.13. The summed E-state index contributed by atoms with van der Waals surface area (Å²) < 4.78 is 0. The highest BCUT2D eigenvalue weighted by atomic mass is 35.5. The van der Waals surface area contributed by atoms with Crippen molar-refractivity contribution in [3.8, 4) is 0 Å². The van der Waals surface area contributed by atoms with Crippen LogP contribution in [0, 0.1) is 6.42 Å². The van der Waals surface area contributed by atoms with E-state index in [1.54, 1.807) is 0 Å². The van der Waals surface area contributed by atoms with Gasteiger partial charge in [0, 0.05) is 5.02 Å². The fourth-order valence-corrected chi connectivity index (χ4v) is 1.16. The fourth-order valence-electron chi connectivity index (χ4n) is 1.04. The predicted octanol–water partition coefficient (Wildman–Crippen LogP) is 2.44. The van der Waals surface area contributed by atoms with Crippen molar-refractivity contribution in [1.29, 1.82) is 0 Å². The van der Waals surface area contributed by atoms with Gasteiger partial charge < -0.3 is 5.73 Å². The maximum atomic E-state index is 5.75.